The van der Waals surface area contributed by atoms with Crippen LogP contribution in [0.15, 0.2) is 36.7 Å². The number of rotatable bonds is 8. The van der Waals surface area contributed by atoms with Gasteiger partial charge in [0.15, 0.2) is 5.65 Å². The maximum absolute atomic E-state index is 14.4. The Morgan fingerprint density at radius 3 is 2.94 bits per heavy atom. The Morgan fingerprint density at radius 2 is 2.15 bits per heavy atom. The first-order chi connectivity index (χ1) is 15.7. The predicted molar refractivity (Wildman–Crippen MR) is 121 cm³/mol. The minimum absolute atomic E-state index is 0.275. The lowest BCUT2D eigenvalue weighted by atomic mass is 10.0. The van der Waals surface area contributed by atoms with E-state index in [1.165, 1.54) is 12.1 Å². The molecule has 1 amide bonds. The van der Waals surface area contributed by atoms with Gasteiger partial charge in [0.05, 0.1) is 17.9 Å². The number of halogens is 2. The number of hydrogen-bond acceptors (Lipinski definition) is 6. The van der Waals surface area contributed by atoms with Crippen LogP contribution < -0.4 is 16.0 Å². The lowest BCUT2D eigenvalue weighted by Crippen LogP contribution is -2.31. The minimum Gasteiger partial charge on any atom is -0.444 e. The molecule has 0 unspecified atom stereocenters. The summed E-state index contributed by atoms with van der Waals surface area (Å²) in [6.07, 6.45) is 5.68. The fourth-order valence-corrected chi connectivity index (χ4v) is 4.34. The number of ether oxygens (including phenoxy) is 1. The number of amides is 1. The topological polar surface area (TPSA) is 97.8 Å². The first-order valence-corrected chi connectivity index (χ1v) is 11.0. The number of carbonyl (C=O) groups excluding carboxylic acids is 1. The fraction of sp³-hybridized carbons (Fsp3) is 0.435. The first kappa shape index (κ1) is 22.8. The summed E-state index contributed by atoms with van der Waals surface area (Å²) in [5.74, 6) is -0.175. The zero-order valence-electron chi connectivity index (χ0n) is 18.7. The van der Waals surface area contributed by atoms with Crippen molar-refractivity contribution >= 4 is 23.2 Å². The summed E-state index contributed by atoms with van der Waals surface area (Å²) in [6, 6.07) is 5.14. The van der Waals surface area contributed by atoms with Gasteiger partial charge in [0.25, 0.3) is 0 Å². The molecule has 3 N–H and O–H groups in total. The van der Waals surface area contributed by atoms with Crippen molar-refractivity contribution in [2.24, 2.45) is 5.73 Å². The van der Waals surface area contributed by atoms with E-state index < -0.39 is 23.3 Å². The lowest BCUT2D eigenvalue weighted by molar-refractivity contribution is 0.0384. The minimum atomic E-state index is -0.786. The van der Waals surface area contributed by atoms with E-state index in [1.807, 2.05) is 31.0 Å². The molecule has 1 saturated heterocycles. The molecule has 33 heavy (non-hydrogen) atoms. The van der Waals surface area contributed by atoms with Gasteiger partial charge in [-0.2, -0.15) is 5.10 Å². The van der Waals surface area contributed by atoms with Crippen LogP contribution >= 0.6 is 0 Å². The highest BCUT2D eigenvalue weighted by Gasteiger charge is 2.30. The summed E-state index contributed by atoms with van der Waals surface area (Å²) in [5.41, 5.74) is 6.22. The number of anilines is 2. The van der Waals surface area contributed by atoms with E-state index in [9.17, 15) is 13.6 Å². The molecule has 8 nitrogen and oxygen atoms in total. The molecule has 0 spiro atoms. The van der Waals surface area contributed by atoms with Gasteiger partial charge in [0.2, 0.25) is 0 Å². The van der Waals surface area contributed by atoms with Crippen LogP contribution in [0.2, 0.25) is 0 Å². The van der Waals surface area contributed by atoms with Crippen LogP contribution in [-0.2, 0) is 4.74 Å². The zero-order chi connectivity index (χ0) is 23.6. The maximum atomic E-state index is 14.4. The molecule has 0 radical (unpaired) electrons. The quantitative estimate of drug-likeness (QED) is 0.485. The molecule has 1 aliphatic rings. The number of carbonyl (C=O) groups is 1. The van der Waals surface area contributed by atoms with E-state index in [4.69, 9.17) is 15.5 Å². The van der Waals surface area contributed by atoms with Gasteiger partial charge in [-0.25, -0.2) is 23.1 Å². The molecule has 3 heterocycles. The number of primary amides is 1. The smallest absolute Gasteiger partial charge is 0.405 e. The Kier molecular flexibility index (Phi) is 6.35. The van der Waals surface area contributed by atoms with E-state index in [0.717, 1.165) is 31.0 Å². The molecular weight excluding hydrogens is 430 g/mol. The molecule has 0 aliphatic carbocycles. The summed E-state index contributed by atoms with van der Waals surface area (Å²) in [4.78, 5) is 17.8. The third-order valence-electron chi connectivity index (χ3n) is 5.87. The maximum Gasteiger partial charge on any atom is 0.405 e. The third kappa shape index (κ3) is 5.15. The number of aromatic nitrogens is 3. The molecule has 1 aromatic carbocycles. The van der Waals surface area contributed by atoms with Gasteiger partial charge in [-0.1, -0.05) is 0 Å². The SMILES string of the molecule is CC(C)(CCCNc1cnn2ccc(N3CCC[C@@H]3c3cc(F)ccc3F)nc12)OC(N)=O. The molecule has 3 aromatic rings. The highest BCUT2D eigenvalue weighted by molar-refractivity contribution is 5.68. The van der Waals surface area contributed by atoms with Gasteiger partial charge in [0, 0.05) is 24.8 Å². The Morgan fingerprint density at radius 1 is 1.33 bits per heavy atom. The first-order valence-electron chi connectivity index (χ1n) is 11.0. The number of nitrogens with zero attached hydrogens (tertiary/aromatic N) is 4. The highest BCUT2D eigenvalue weighted by atomic mass is 19.1. The van der Waals surface area contributed by atoms with Crippen molar-refractivity contribution in [2.45, 2.75) is 51.2 Å². The van der Waals surface area contributed by atoms with Crippen LogP contribution in [0.1, 0.15) is 51.1 Å². The average Bonchev–Trinajstić information content (AvgIpc) is 3.39. The van der Waals surface area contributed by atoms with Gasteiger partial charge in [-0.05, 0) is 63.8 Å². The van der Waals surface area contributed by atoms with E-state index in [2.05, 4.69) is 10.4 Å². The Labute approximate surface area is 190 Å². The van der Waals surface area contributed by atoms with Crippen LogP contribution in [0.3, 0.4) is 0 Å². The second-order valence-electron chi connectivity index (χ2n) is 8.84. The largest absolute Gasteiger partial charge is 0.444 e. The molecule has 1 aliphatic heterocycles. The van der Waals surface area contributed by atoms with Gasteiger partial charge < -0.3 is 20.7 Å². The van der Waals surface area contributed by atoms with Gasteiger partial charge in [0.1, 0.15) is 23.1 Å². The Bertz CT molecular complexity index is 1150. The normalized spacial score (nSPS) is 16.4. The number of hydrogen-bond donors (Lipinski definition) is 2. The second-order valence-corrected chi connectivity index (χ2v) is 8.84. The van der Waals surface area contributed by atoms with Crippen LogP contribution in [0.4, 0.5) is 25.1 Å². The van der Waals surface area contributed by atoms with Gasteiger partial charge in [-0.3, -0.25) is 0 Å². The highest BCUT2D eigenvalue weighted by Crippen LogP contribution is 2.37. The fourth-order valence-electron chi connectivity index (χ4n) is 4.34. The van der Waals surface area contributed by atoms with Crippen molar-refractivity contribution in [3.63, 3.8) is 0 Å². The number of fused-ring (bicyclic) bond motifs is 1. The second kappa shape index (κ2) is 9.21. The average molecular weight is 459 g/mol. The molecular formula is C23H28F2N6O2. The van der Waals surface area contributed by atoms with Crippen molar-refractivity contribution < 1.29 is 18.3 Å². The van der Waals surface area contributed by atoms with Crippen molar-refractivity contribution in [3.8, 4) is 0 Å². The molecule has 2 aromatic heterocycles. The summed E-state index contributed by atoms with van der Waals surface area (Å²) in [6.45, 7) is 4.96. The molecule has 0 saturated carbocycles. The predicted octanol–water partition coefficient (Wildman–Crippen LogP) is 4.42. The van der Waals surface area contributed by atoms with E-state index >= 15 is 0 Å². The summed E-state index contributed by atoms with van der Waals surface area (Å²) in [5, 5.41) is 7.66. The molecule has 4 rings (SSSR count). The van der Waals surface area contributed by atoms with Crippen molar-refractivity contribution in [1.82, 2.24) is 14.6 Å². The van der Waals surface area contributed by atoms with Crippen LogP contribution in [0.25, 0.3) is 5.65 Å². The van der Waals surface area contributed by atoms with Gasteiger partial charge >= 0.3 is 6.09 Å². The molecule has 1 fully saturated rings. The summed E-state index contributed by atoms with van der Waals surface area (Å²) >= 11 is 0. The monoisotopic (exact) mass is 458 g/mol. The number of nitrogens with one attached hydrogen (secondary N) is 1. The summed E-state index contributed by atoms with van der Waals surface area (Å²) in [7, 11) is 0. The number of nitrogens with two attached hydrogens (primary N) is 1. The number of benzene rings is 1. The van der Waals surface area contributed by atoms with Crippen molar-refractivity contribution in [1.29, 1.82) is 0 Å². The van der Waals surface area contributed by atoms with Crippen molar-refractivity contribution in [3.05, 3.63) is 53.9 Å². The lowest BCUT2D eigenvalue weighted by Gasteiger charge is -2.26. The van der Waals surface area contributed by atoms with Crippen LogP contribution in [-0.4, -0.2) is 39.4 Å². The van der Waals surface area contributed by atoms with Crippen molar-refractivity contribution in [2.75, 3.05) is 23.3 Å². The van der Waals surface area contributed by atoms with Crippen LogP contribution in [0.5, 0.6) is 0 Å². The molecule has 176 valence electrons. The Balaban J connectivity index is 1.48. The summed E-state index contributed by atoms with van der Waals surface area (Å²) < 4.78 is 35.0. The van der Waals surface area contributed by atoms with E-state index in [0.29, 0.717) is 36.5 Å². The molecule has 1 atom stereocenters. The standard InChI is InChI=1S/C23H28F2N6O2/c1-23(2,33-22(26)32)9-4-10-27-18-14-28-31-12-8-20(29-21(18)31)30-11-3-5-19(30)16-13-15(24)6-7-17(16)25/h6-8,12-14,19,27H,3-5,9-11H2,1-2H3,(H2,26,32)/t19-/m1/s1. The van der Waals surface area contributed by atoms with E-state index in [1.54, 1.807) is 10.7 Å². The molecule has 0 bridgehead atoms. The molecule has 10 heteroatoms. The van der Waals surface area contributed by atoms with Crippen LogP contribution in [0, 0.1) is 11.6 Å². The Hall–Kier alpha value is -3.43. The third-order valence-corrected chi connectivity index (χ3v) is 5.87. The van der Waals surface area contributed by atoms with E-state index in [-0.39, 0.29) is 6.04 Å². The zero-order valence-corrected chi connectivity index (χ0v) is 18.7. The van der Waals surface area contributed by atoms with Gasteiger partial charge in [-0.15, -0.1) is 0 Å².